The highest BCUT2D eigenvalue weighted by Gasteiger charge is 2.14. The third kappa shape index (κ3) is 5.97. The van der Waals surface area contributed by atoms with Crippen LogP contribution in [0.1, 0.15) is 20.8 Å². The number of nitrogens with zero attached hydrogens (tertiary/aromatic N) is 2. The summed E-state index contributed by atoms with van der Waals surface area (Å²) in [6, 6.07) is 16.9. The SMILES string of the molecule is COc1cc(/C=N\NC(=O)c2cc3cc([N+](=O)[O-])ccc3s2)c(Br)cc1OCc1ccc(Cl)cc1. The number of nitro groups is 1. The van der Waals surface area contributed by atoms with E-state index in [0.29, 0.717) is 43.4 Å². The lowest BCUT2D eigenvalue weighted by Gasteiger charge is -2.13. The molecule has 0 spiro atoms. The maximum Gasteiger partial charge on any atom is 0.281 e. The molecule has 4 rings (SSSR count). The van der Waals surface area contributed by atoms with E-state index in [1.54, 1.807) is 36.4 Å². The lowest BCUT2D eigenvalue weighted by Crippen LogP contribution is -2.16. The summed E-state index contributed by atoms with van der Waals surface area (Å²) in [5.41, 5.74) is 4.07. The molecule has 0 aliphatic rings. The number of rotatable bonds is 8. The molecule has 0 aliphatic carbocycles. The van der Waals surface area contributed by atoms with Crippen LogP contribution in [-0.2, 0) is 6.61 Å². The molecule has 8 nitrogen and oxygen atoms in total. The maximum atomic E-state index is 12.5. The average molecular weight is 575 g/mol. The molecule has 0 bridgehead atoms. The van der Waals surface area contributed by atoms with E-state index in [9.17, 15) is 14.9 Å². The van der Waals surface area contributed by atoms with Crippen LogP contribution in [0.2, 0.25) is 5.02 Å². The standard InChI is InChI=1S/C24H17BrClN3O5S/c1-33-20-9-16(19(25)11-21(20)34-13-14-2-4-17(26)5-3-14)12-27-28-24(30)23-10-15-8-18(29(31)32)6-7-22(15)35-23/h2-12H,13H2,1H3,(H,28,30)/b27-12-. The molecule has 178 valence electrons. The van der Waals surface area contributed by atoms with Gasteiger partial charge in [-0.1, -0.05) is 23.7 Å². The van der Waals surface area contributed by atoms with Gasteiger partial charge < -0.3 is 9.47 Å². The summed E-state index contributed by atoms with van der Waals surface area (Å²) in [6.07, 6.45) is 1.48. The van der Waals surface area contributed by atoms with Crippen LogP contribution < -0.4 is 14.9 Å². The molecule has 0 fully saturated rings. The zero-order valence-corrected chi connectivity index (χ0v) is 21.3. The van der Waals surface area contributed by atoms with Gasteiger partial charge in [-0.15, -0.1) is 11.3 Å². The van der Waals surface area contributed by atoms with Crippen LogP contribution in [-0.4, -0.2) is 24.2 Å². The Morgan fingerprint density at radius 3 is 2.66 bits per heavy atom. The number of amides is 1. The fraction of sp³-hybridized carbons (Fsp3) is 0.0833. The Hall–Kier alpha value is -3.47. The normalized spacial score (nSPS) is 11.1. The van der Waals surface area contributed by atoms with Gasteiger partial charge in [-0.3, -0.25) is 14.9 Å². The van der Waals surface area contributed by atoms with Crippen molar-refractivity contribution in [2.75, 3.05) is 7.11 Å². The van der Waals surface area contributed by atoms with Gasteiger partial charge >= 0.3 is 0 Å². The second-order valence-corrected chi connectivity index (χ2v) is 9.60. The van der Waals surface area contributed by atoms with E-state index in [1.165, 1.54) is 36.8 Å². The predicted molar refractivity (Wildman–Crippen MR) is 140 cm³/mol. The fourth-order valence-electron chi connectivity index (χ4n) is 3.14. The van der Waals surface area contributed by atoms with Gasteiger partial charge in [0.2, 0.25) is 0 Å². The van der Waals surface area contributed by atoms with Crippen molar-refractivity contribution < 1.29 is 19.2 Å². The second kappa shape index (κ2) is 10.9. The number of carbonyl (C=O) groups excluding carboxylic acids is 1. The summed E-state index contributed by atoms with van der Waals surface area (Å²) in [5.74, 6) is 0.618. The van der Waals surface area contributed by atoms with Crippen molar-refractivity contribution >= 4 is 66.8 Å². The van der Waals surface area contributed by atoms with Crippen LogP contribution >= 0.6 is 38.9 Å². The number of nitrogens with one attached hydrogen (secondary N) is 1. The van der Waals surface area contributed by atoms with Crippen molar-refractivity contribution in [3.63, 3.8) is 0 Å². The van der Waals surface area contributed by atoms with Crippen molar-refractivity contribution in [2.45, 2.75) is 6.61 Å². The molecule has 1 N–H and O–H groups in total. The van der Waals surface area contributed by atoms with E-state index in [2.05, 4.69) is 26.5 Å². The predicted octanol–water partition coefficient (Wildman–Crippen LogP) is 6.58. The van der Waals surface area contributed by atoms with Gasteiger partial charge in [0.1, 0.15) is 6.61 Å². The molecule has 1 amide bonds. The molecule has 0 unspecified atom stereocenters. The zero-order chi connectivity index (χ0) is 24.9. The molecule has 4 aromatic rings. The van der Waals surface area contributed by atoms with Crippen molar-refractivity contribution in [1.29, 1.82) is 0 Å². The number of nitro benzene ring substituents is 1. The van der Waals surface area contributed by atoms with Gasteiger partial charge in [0.15, 0.2) is 11.5 Å². The highest BCUT2D eigenvalue weighted by atomic mass is 79.9. The summed E-state index contributed by atoms with van der Waals surface area (Å²) in [5, 5.41) is 16.3. The highest BCUT2D eigenvalue weighted by Crippen LogP contribution is 2.34. The van der Waals surface area contributed by atoms with E-state index in [-0.39, 0.29) is 5.69 Å². The zero-order valence-electron chi connectivity index (χ0n) is 18.2. The molecule has 3 aromatic carbocycles. The lowest BCUT2D eigenvalue weighted by atomic mass is 10.2. The fourth-order valence-corrected chi connectivity index (χ4v) is 4.62. The topological polar surface area (TPSA) is 103 Å². The Morgan fingerprint density at radius 1 is 1.17 bits per heavy atom. The van der Waals surface area contributed by atoms with Crippen LogP contribution in [0.3, 0.4) is 0 Å². The summed E-state index contributed by atoms with van der Waals surface area (Å²) in [4.78, 5) is 23.4. The van der Waals surface area contributed by atoms with E-state index in [1.807, 2.05) is 12.1 Å². The van der Waals surface area contributed by atoms with Crippen LogP contribution in [0, 0.1) is 10.1 Å². The van der Waals surface area contributed by atoms with Crippen LogP contribution in [0.5, 0.6) is 11.5 Å². The van der Waals surface area contributed by atoms with E-state index in [4.69, 9.17) is 21.1 Å². The molecule has 0 saturated carbocycles. The number of non-ortho nitro benzene ring substituents is 1. The number of hydrogen-bond donors (Lipinski definition) is 1. The van der Waals surface area contributed by atoms with Crippen LogP contribution in [0.25, 0.3) is 10.1 Å². The molecule has 1 heterocycles. The number of carbonyl (C=O) groups is 1. The third-order valence-corrected chi connectivity index (χ3v) is 6.95. The van der Waals surface area contributed by atoms with Crippen molar-refractivity contribution in [3.05, 3.63) is 96.3 Å². The molecular weight excluding hydrogens is 558 g/mol. The number of halogens is 2. The third-order valence-electron chi connectivity index (χ3n) is 4.89. The number of benzene rings is 3. The molecule has 0 radical (unpaired) electrons. The van der Waals surface area contributed by atoms with Gasteiger partial charge in [-0.25, -0.2) is 5.43 Å². The van der Waals surface area contributed by atoms with E-state index < -0.39 is 10.8 Å². The Labute approximate surface area is 217 Å². The highest BCUT2D eigenvalue weighted by molar-refractivity contribution is 9.10. The van der Waals surface area contributed by atoms with Gasteiger partial charge in [0.25, 0.3) is 11.6 Å². The Kier molecular flexibility index (Phi) is 7.64. The minimum Gasteiger partial charge on any atom is -0.493 e. The molecule has 0 aliphatic heterocycles. The van der Waals surface area contributed by atoms with Gasteiger partial charge in [0.05, 0.1) is 23.1 Å². The lowest BCUT2D eigenvalue weighted by molar-refractivity contribution is -0.384. The monoisotopic (exact) mass is 573 g/mol. The summed E-state index contributed by atoms with van der Waals surface area (Å²) < 4.78 is 12.8. The molecule has 0 atom stereocenters. The maximum absolute atomic E-state index is 12.5. The quantitative estimate of drug-likeness (QED) is 0.146. The Bertz CT molecular complexity index is 1440. The van der Waals surface area contributed by atoms with Gasteiger partial charge in [-0.2, -0.15) is 5.10 Å². The Morgan fingerprint density at radius 2 is 1.94 bits per heavy atom. The van der Waals surface area contributed by atoms with Crippen molar-refractivity contribution in [3.8, 4) is 11.5 Å². The number of hydrazone groups is 1. The summed E-state index contributed by atoms with van der Waals surface area (Å²) >= 11 is 10.6. The molecule has 11 heteroatoms. The largest absolute Gasteiger partial charge is 0.493 e. The van der Waals surface area contributed by atoms with E-state index >= 15 is 0 Å². The number of fused-ring (bicyclic) bond motifs is 1. The first-order valence-corrected chi connectivity index (χ1v) is 12.1. The van der Waals surface area contributed by atoms with Gasteiger partial charge in [-0.05, 0) is 57.9 Å². The summed E-state index contributed by atoms with van der Waals surface area (Å²) in [7, 11) is 1.53. The number of hydrogen-bond acceptors (Lipinski definition) is 7. The number of ether oxygens (including phenoxy) is 2. The van der Waals surface area contributed by atoms with Crippen molar-refractivity contribution in [1.82, 2.24) is 5.43 Å². The minimum absolute atomic E-state index is 0.0281. The second-order valence-electron chi connectivity index (χ2n) is 7.23. The number of thiophene rings is 1. The van der Waals surface area contributed by atoms with E-state index in [0.717, 1.165) is 10.3 Å². The first kappa shape index (κ1) is 24.6. The first-order valence-electron chi connectivity index (χ1n) is 10.1. The minimum atomic E-state index is -0.471. The first-order chi connectivity index (χ1) is 16.8. The molecular formula is C24H17BrClN3O5S. The summed E-state index contributed by atoms with van der Waals surface area (Å²) in [6.45, 7) is 0.335. The average Bonchev–Trinajstić information content (AvgIpc) is 3.28. The molecule has 35 heavy (non-hydrogen) atoms. The smallest absolute Gasteiger partial charge is 0.281 e. The molecule has 1 aromatic heterocycles. The Balaban J connectivity index is 1.44. The number of methoxy groups -OCH3 is 1. The van der Waals surface area contributed by atoms with Crippen LogP contribution in [0.15, 0.2) is 70.2 Å². The molecule has 0 saturated heterocycles. The van der Waals surface area contributed by atoms with Gasteiger partial charge in [0, 0.05) is 37.3 Å². The van der Waals surface area contributed by atoms with Crippen molar-refractivity contribution in [2.24, 2.45) is 5.10 Å². The van der Waals surface area contributed by atoms with Crippen LogP contribution in [0.4, 0.5) is 5.69 Å².